The van der Waals surface area contributed by atoms with Crippen LogP contribution in [0, 0.1) is 6.92 Å². The molecule has 0 spiro atoms. The van der Waals surface area contributed by atoms with Crippen LogP contribution in [0.2, 0.25) is 19.6 Å². The number of aryl methyl sites for hydroxylation is 1. The Balaban J connectivity index is 0.000000322. The molecule has 15 heteroatoms. The highest BCUT2D eigenvalue weighted by atomic mass is 28.3. The first kappa shape index (κ1) is 36.9. The SMILES string of the molecule is C[Si](C)(C)C(F)(F)c1ccc(C(F)(F)F)cc1.Cc1ccc(C(F)(F)F)cc1.FC(F)(F)c1ccc(C(F)(F)F)cc1. The van der Waals surface area contributed by atoms with Gasteiger partial charge in [-0.15, -0.1) is 0 Å². The molecule has 0 saturated carbocycles. The van der Waals surface area contributed by atoms with Crippen molar-refractivity contribution in [1.29, 1.82) is 0 Å². The zero-order valence-corrected chi connectivity index (χ0v) is 23.2. The lowest BCUT2D eigenvalue weighted by molar-refractivity contribution is -0.141. The first-order chi connectivity index (χ1) is 18.7. The summed E-state index contributed by atoms with van der Waals surface area (Å²) in [6.45, 7) is 6.18. The summed E-state index contributed by atoms with van der Waals surface area (Å²) in [5.41, 5.74) is -6.23. The predicted molar refractivity (Wildman–Crippen MR) is 131 cm³/mol. The molecule has 0 atom stereocenters. The molecule has 0 N–H and O–H groups in total. The van der Waals surface area contributed by atoms with E-state index in [-0.39, 0.29) is 5.56 Å². The Kier molecular flexibility index (Phi) is 11.5. The third-order valence-electron chi connectivity index (χ3n) is 5.44. The molecule has 0 aliphatic carbocycles. The van der Waals surface area contributed by atoms with E-state index in [1.165, 1.54) is 31.8 Å². The largest absolute Gasteiger partial charge is 0.416 e. The van der Waals surface area contributed by atoms with Gasteiger partial charge in [-0.05, 0) is 55.5 Å². The third-order valence-corrected chi connectivity index (χ3v) is 7.61. The van der Waals surface area contributed by atoms with Crippen LogP contribution in [0.15, 0.2) is 72.8 Å². The number of hydrogen-bond donors (Lipinski definition) is 0. The van der Waals surface area contributed by atoms with Crippen molar-refractivity contribution < 1.29 is 61.5 Å². The molecular weight excluding hydrogens is 618 g/mol. The number of benzene rings is 3. The van der Waals surface area contributed by atoms with Gasteiger partial charge in [0.1, 0.15) is 8.07 Å². The van der Waals surface area contributed by atoms with Gasteiger partial charge in [0.05, 0.1) is 22.3 Å². The Morgan fingerprint density at radius 3 is 0.738 bits per heavy atom. The van der Waals surface area contributed by atoms with Crippen molar-refractivity contribution in [3.63, 3.8) is 0 Å². The summed E-state index contributed by atoms with van der Waals surface area (Å²) in [5, 5.41) is 0. The highest BCUT2D eigenvalue weighted by Gasteiger charge is 2.46. The van der Waals surface area contributed by atoms with Crippen molar-refractivity contribution in [2.75, 3.05) is 0 Å². The highest BCUT2D eigenvalue weighted by Crippen LogP contribution is 2.39. The molecule has 0 saturated heterocycles. The van der Waals surface area contributed by atoms with Crippen LogP contribution in [0.5, 0.6) is 0 Å². The zero-order valence-electron chi connectivity index (χ0n) is 22.2. The van der Waals surface area contributed by atoms with E-state index in [0.29, 0.717) is 36.4 Å². The van der Waals surface area contributed by atoms with E-state index in [2.05, 4.69) is 0 Å². The van der Waals surface area contributed by atoms with Crippen LogP contribution in [0.1, 0.15) is 33.4 Å². The predicted octanol–water partition coefficient (Wildman–Crippen LogP) is 11.4. The molecule has 0 unspecified atom stereocenters. The molecule has 0 nitrogen and oxygen atoms in total. The normalized spacial score (nSPS) is 13.0. The van der Waals surface area contributed by atoms with Crippen LogP contribution in [0.25, 0.3) is 0 Å². The molecule has 0 radical (unpaired) electrons. The minimum Gasteiger partial charge on any atom is -0.207 e. The van der Waals surface area contributed by atoms with Crippen LogP contribution in [-0.2, 0) is 30.3 Å². The van der Waals surface area contributed by atoms with Crippen molar-refractivity contribution in [1.82, 2.24) is 0 Å². The van der Waals surface area contributed by atoms with Gasteiger partial charge in [-0.1, -0.05) is 49.5 Å². The quantitative estimate of drug-likeness (QED) is 0.193. The van der Waals surface area contributed by atoms with E-state index >= 15 is 0 Å². The van der Waals surface area contributed by atoms with Gasteiger partial charge in [0.25, 0.3) is 5.55 Å². The van der Waals surface area contributed by atoms with Crippen molar-refractivity contribution in [2.45, 2.75) is 56.8 Å². The van der Waals surface area contributed by atoms with Crippen LogP contribution in [0.4, 0.5) is 61.5 Å². The molecule has 0 aromatic heterocycles. The molecule has 42 heavy (non-hydrogen) atoms. The summed E-state index contributed by atoms with van der Waals surface area (Å²) in [5.74, 6) is 0. The molecule has 3 aromatic carbocycles. The van der Waals surface area contributed by atoms with Gasteiger partial charge in [0.2, 0.25) is 0 Å². The van der Waals surface area contributed by atoms with Gasteiger partial charge >= 0.3 is 24.7 Å². The van der Waals surface area contributed by atoms with E-state index in [1.54, 1.807) is 6.92 Å². The molecule has 0 heterocycles. The first-order valence-corrected chi connectivity index (χ1v) is 15.1. The number of rotatable bonds is 2. The lowest BCUT2D eigenvalue weighted by Gasteiger charge is -2.29. The summed E-state index contributed by atoms with van der Waals surface area (Å²) in [4.78, 5) is 0. The maximum Gasteiger partial charge on any atom is 0.416 e. The average molecular weight is 643 g/mol. The van der Waals surface area contributed by atoms with Crippen molar-refractivity contribution in [2.24, 2.45) is 0 Å². The van der Waals surface area contributed by atoms with Crippen molar-refractivity contribution >= 4 is 8.07 Å². The molecule has 0 amide bonds. The van der Waals surface area contributed by atoms with E-state index < -0.39 is 60.6 Å². The van der Waals surface area contributed by atoms with Crippen molar-refractivity contribution in [3.05, 3.63) is 106 Å². The fourth-order valence-electron chi connectivity index (χ4n) is 2.89. The lowest BCUT2D eigenvalue weighted by atomic mass is 10.1. The number of hydrogen-bond acceptors (Lipinski definition) is 0. The Labute approximate surface area is 233 Å². The van der Waals surface area contributed by atoms with Crippen LogP contribution < -0.4 is 0 Å². The Hall–Kier alpha value is -3.10. The molecule has 0 aliphatic rings. The lowest BCUT2D eigenvalue weighted by Crippen LogP contribution is -2.42. The van der Waals surface area contributed by atoms with Gasteiger partial charge in [0, 0.05) is 5.56 Å². The molecule has 234 valence electrons. The van der Waals surface area contributed by atoms with Crippen LogP contribution in [-0.4, -0.2) is 8.07 Å². The van der Waals surface area contributed by atoms with Crippen LogP contribution >= 0.6 is 0 Å². The number of alkyl halides is 14. The Morgan fingerprint density at radius 2 is 0.548 bits per heavy atom. The molecular formula is C27H24F14Si. The van der Waals surface area contributed by atoms with Crippen molar-refractivity contribution in [3.8, 4) is 0 Å². The second-order valence-electron chi connectivity index (χ2n) is 9.84. The van der Waals surface area contributed by atoms with E-state index in [0.717, 1.165) is 29.8 Å². The fourth-order valence-corrected chi connectivity index (χ4v) is 3.92. The molecule has 3 aromatic rings. The topological polar surface area (TPSA) is 0 Å². The maximum atomic E-state index is 13.9. The highest BCUT2D eigenvalue weighted by molar-refractivity contribution is 6.78. The summed E-state index contributed by atoms with van der Waals surface area (Å²) in [7, 11) is -2.80. The minimum absolute atomic E-state index is 0.343. The third kappa shape index (κ3) is 10.9. The second kappa shape index (κ2) is 13.0. The first-order valence-electron chi connectivity index (χ1n) is 11.6. The van der Waals surface area contributed by atoms with Crippen LogP contribution in [0.3, 0.4) is 0 Å². The monoisotopic (exact) mass is 642 g/mol. The molecule has 0 bridgehead atoms. The van der Waals surface area contributed by atoms with Gasteiger partial charge in [-0.25, -0.2) is 8.78 Å². The van der Waals surface area contributed by atoms with Gasteiger partial charge in [-0.2, -0.15) is 52.7 Å². The Bertz CT molecular complexity index is 1210. The molecule has 0 aliphatic heterocycles. The smallest absolute Gasteiger partial charge is 0.207 e. The molecule has 0 fully saturated rings. The van der Waals surface area contributed by atoms with E-state index in [4.69, 9.17) is 0 Å². The van der Waals surface area contributed by atoms with E-state index in [9.17, 15) is 61.5 Å². The summed E-state index contributed by atoms with van der Waals surface area (Å²) in [6, 6.07) is 9.79. The van der Waals surface area contributed by atoms with Gasteiger partial charge in [-0.3, -0.25) is 0 Å². The minimum atomic E-state index is -4.61. The fraction of sp³-hybridized carbons (Fsp3) is 0.333. The second-order valence-corrected chi connectivity index (χ2v) is 15.0. The van der Waals surface area contributed by atoms with Gasteiger partial charge < -0.3 is 0 Å². The van der Waals surface area contributed by atoms with Gasteiger partial charge in [0.15, 0.2) is 0 Å². The zero-order chi connectivity index (χ0) is 32.9. The van der Waals surface area contributed by atoms with E-state index in [1.807, 2.05) is 0 Å². The summed E-state index contributed by atoms with van der Waals surface area (Å²) >= 11 is 0. The number of halogens is 14. The molecule has 3 rings (SSSR count). The standard InChI is InChI=1S/C11H13F5Si.C8H4F6.C8H7F3/c1-17(2,3)11(15,16)9-6-4-8(5-7-9)10(12,13)14;9-7(10,11)5-1-2-6(4-3-5)8(12,13)14;1-6-2-4-7(5-3-6)8(9,10)11/h4-7H,1-3H3;1-4H;2-5H,1H3. The Morgan fingerprint density at radius 1 is 0.357 bits per heavy atom. The summed E-state index contributed by atoms with van der Waals surface area (Å²) < 4.78 is 172. The maximum absolute atomic E-state index is 13.9. The average Bonchev–Trinajstić information content (AvgIpc) is 2.82. The summed E-state index contributed by atoms with van der Waals surface area (Å²) in [6.07, 6.45) is -17.9.